The van der Waals surface area contributed by atoms with Gasteiger partial charge in [-0.1, -0.05) is 32.1 Å². The van der Waals surface area contributed by atoms with Crippen molar-refractivity contribution in [2.75, 3.05) is 6.54 Å². The Labute approximate surface area is 132 Å². The van der Waals surface area contributed by atoms with Crippen molar-refractivity contribution in [3.8, 4) is 0 Å². The van der Waals surface area contributed by atoms with Crippen LogP contribution in [0.3, 0.4) is 0 Å². The maximum Gasteiger partial charge on any atom is 0.315 e. The molecule has 0 bridgehead atoms. The number of rotatable bonds is 5. The van der Waals surface area contributed by atoms with Crippen LogP contribution in [0.5, 0.6) is 0 Å². The summed E-state index contributed by atoms with van der Waals surface area (Å²) in [5.74, 6) is -2.42. The van der Waals surface area contributed by atoms with Crippen LogP contribution in [-0.4, -0.2) is 24.4 Å². The Bertz CT molecular complexity index is 323. The molecule has 128 valence electrons. The topological polar surface area (TPSA) is 105 Å². The van der Waals surface area contributed by atoms with Crippen molar-refractivity contribution < 1.29 is 19.1 Å². The van der Waals surface area contributed by atoms with Gasteiger partial charge in [0.25, 0.3) is 0 Å². The molecule has 0 amide bonds. The van der Waals surface area contributed by atoms with E-state index in [1.165, 1.54) is 0 Å². The van der Waals surface area contributed by atoms with Crippen LogP contribution >= 0.6 is 0 Å². The number of carbonyl (C=O) groups is 2. The molecule has 1 rings (SSSR count). The highest BCUT2D eigenvalue weighted by Gasteiger charge is 2.33. The largest absolute Gasteiger partial charge is 0.409 e. The molecule has 0 atom stereocenters. The molecule has 0 saturated carbocycles. The lowest BCUT2D eigenvalue weighted by atomic mass is 10.1. The minimum atomic E-state index is -1.63. The third kappa shape index (κ3) is 8.34. The maximum atomic E-state index is 11.9. The molecule has 0 radical (unpaired) electrons. The summed E-state index contributed by atoms with van der Waals surface area (Å²) in [4.78, 5) is 23.8. The van der Waals surface area contributed by atoms with Crippen LogP contribution in [0.1, 0.15) is 77.0 Å². The van der Waals surface area contributed by atoms with E-state index in [1.54, 1.807) is 0 Å². The first-order valence-corrected chi connectivity index (χ1v) is 8.48. The number of ether oxygens (including phenoxy) is 2. The Morgan fingerprint density at radius 3 is 1.82 bits per heavy atom. The van der Waals surface area contributed by atoms with Gasteiger partial charge in [0.2, 0.25) is 0 Å². The minimum absolute atomic E-state index is 0.310. The molecule has 0 aromatic heterocycles. The number of esters is 2. The predicted molar refractivity (Wildman–Crippen MR) is 83.6 cm³/mol. The fourth-order valence-electron chi connectivity index (χ4n) is 2.55. The lowest BCUT2D eigenvalue weighted by molar-refractivity contribution is -0.230. The van der Waals surface area contributed by atoms with Crippen LogP contribution in [0.2, 0.25) is 0 Å². The Kier molecular flexibility index (Phi) is 9.08. The molecule has 0 aliphatic carbocycles. The average molecular weight is 314 g/mol. The molecule has 6 heteroatoms. The molecule has 1 fully saturated rings. The van der Waals surface area contributed by atoms with Crippen molar-refractivity contribution in [2.45, 2.75) is 83.0 Å². The quantitative estimate of drug-likeness (QED) is 0.596. The lowest BCUT2D eigenvalue weighted by Gasteiger charge is -2.28. The molecule has 6 nitrogen and oxygen atoms in total. The van der Waals surface area contributed by atoms with Crippen molar-refractivity contribution in [1.29, 1.82) is 0 Å². The van der Waals surface area contributed by atoms with Crippen molar-refractivity contribution in [2.24, 2.45) is 11.5 Å². The van der Waals surface area contributed by atoms with Gasteiger partial charge in [0.15, 0.2) is 0 Å². The van der Waals surface area contributed by atoms with Gasteiger partial charge in [-0.2, -0.15) is 0 Å². The van der Waals surface area contributed by atoms with Crippen molar-refractivity contribution >= 4 is 11.9 Å². The van der Waals surface area contributed by atoms with Crippen LogP contribution in [0.25, 0.3) is 0 Å². The standard InChI is InChI=1S/C16H30N2O4/c17-13-9-5-8-12-16(18)21-14(19)10-6-3-1-2-4-7-11-15(20)22-16/h1-13,17-18H2. The third-order valence-electron chi connectivity index (χ3n) is 3.81. The monoisotopic (exact) mass is 314 g/mol. The Hall–Kier alpha value is -1.14. The fourth-order valence-corrected chi connectivity index (χ4v) is 2.55. The Morgan fingerprint density at radius 1 is 0.818 bits per heavy atom. The van der Waals surface area contributed by atoms with Crippen LogP contribution < -0.4 is 11.5 Å². The minimum Gasteiger partial charge on any atom is -0.409 e. The predicted octanol–water partition coefficient (Wildman–Crippen LogP) is 2.34. The van der Waals surface area contributed by atoms with E-state index in [0.717, 1.165) is 51.4 Å². The molecule has 1 aliphatic heterocycles. The van der Waals surface area contributed by atoms with E-state index in [0.29, 0.717) is 32.2 Å². The number of cyclic esters (lactones) is 2. The van der Waals surface area contributed by atoms with Gasteiger partial charge in [-0.15, -0.1) is 0 Å². The van der Waals surface area contributed by atoms with Crippen molar-refractivity contribution in [1.82, 2.24) is 0 Å². The van der Waals surface area contributed by atoms with E-state index in [9.17, 15) is 9.59 Å². The van der Waals surface area contributed by atoms with Gasteiger partial charge in [-0.25, -0.2) is 0 Å². The summed E-state index contributed by atoms with van der Waals surface area (Å²) in [6.45, 7) is 0.608. The van der Waals surface area contributed by atoms with E-state index in [2.05, 4.69) is 0 Å². The van der Waals surface area contributed by atoms with Gasteiger partial charge >= 0.3 is 17.8 Å². The second-order valence-electron chi connectivity index (χ2n) is 5.98. The summed E-state index contributed by atoms with van der Waals surface area (Å²) in [7, 11) is 0. The highest BCUT2D eigenvalue weighted by Crippen LogP contribution is 2.20. The first-order chi connectivity index (χ1) is 10.6. The van der Waals surface area contributed by atoms with E-state index in [4.69, 9.17) is 20.9 Å². The van der Waals surface area contributed by atoms with Crippen molar-refractivity contribution in [3.05, 3.63) is 0 Å². The maximum absolute atomic E-state index is 11.9. The summed E-state index contributed by atoms with van der Waals surface area (Å²) in [5.41, 5.74) is 11.5. The van der Waals surface area contributed by atoms with Gasteiger partial charge in [0, 0.05) is 19.3 Å². The zero-order valence-electron chi connectivity index (χ0n) is 13.5. The molecule has 22 heavy (non-hydrogen) atoms. The molecule has 1 saturated heterocycles. The SMILES string of the molecule is NCCCCCC1(N)OC(=O)CCCCCCCCC(=O)O1. The van der Waals surface area contributed by atoms with Gasteiger partial charge in [0.05, 0.1) is 0 Å². The van der Waals surface area contributed by atoms with Gasteiger partial charge in [-0.3, -0.25) is 15.3 Å². The second kappa shape index (κ2) is 10.6. The van der Waals surface area contributed by atoms with Crippen LogP contribution in [-0.2, 0) is 19.1 Å². The molecule has 0 aromatic carbocycles. The normalized spacial score (nSPS) is 21.0. The lowest BCUT2D eigenvalue weighted by Crippen LogP contribution is -2.48. The first-order valence-electron chi connectivity index (χ1n) is 8.48. The van der Waals surface area contributed by atoms with Crippen molar-refractivity contribution in [3.63, 3.8) is 0 Å². The van der Waals surface area contributed by atoms with Gasteiger partial charge in [-0.05, 0) is 32.2 Å². The molecular formula is C16H30N2O4. The van der Waals surface area contributed by atoms with Crippen LogP contribution in [0.4, 0.5) is 0 Å². The highest BCUT2D eigenvalue weighted by molar-refractivity contribution is 5.71. The van der Waals surface area contributed by atoms with E-state index >= 15 is 0 Å². The second-order valence-corrected chi connectivity index (χ2v) is 5.98. The first kappa shape index (κ1) is 18.9. The molecule has 1 aliphatic rings. The number of hydrogen-bond acceptors (Lipinski definition) is 6. The smallest absolute Gasteiger partial charge is 0.315 e. The molecule has 0 unspecified atom stereocenters. The highest BCUT2D eigenvalue weighted by atomic mass is 16.7. The summed E-state index contributed by atoms with van der Waals surface area (Å²) in [6.07, 6.45) is 9.12. The van der Waals surface area contributed by atoms with Gasteiger partial charge in [0.1, 0.15) is 0 Å². The van der Waals surface area contributed by atoms with Gasteiger partial charge < -0.3 is 15.2 Å². The summed E-state index contributed by atoms with van der Waals surface area (Å²) < 4.78 is 10.5. The fraction of sp³-hybridized carbons (Fsp3) is 0.875. The third-order valence-corrected chi connectivity index (χ3v) is 3.81. The molecule has 4 N–H and O–H groups in total. The van der Waals surface area contributed by atoms with E-state index in [-0.39, 0.29) is 0 Å². The molecule has 0 spiro atoms. The van der Waals surface area contributed by atoms with Crippen LogP contribution in [0.15, 0.2) is 0 Å². The number of carbonyl (C=O) groups excluding carboxylic acids is 2. The number of nitrogens with two attached hydrogens (primary N) is 2. The Balaban J connectivity index is 2.60. The number of unbranched alkanes of at least 4 members (excludes halogenated alkanes) is 2. The van der Waals surface area contributed by atoms with Crippen LogP contribution in [0, 0.1) is 0 Å². The Morgan fingerprint density at radius 2 is 1.32 bits per heavy atom. The van der Waals surface area contributed by atoms with E-state index in [1.807, 2.05) is 0 Å². The molecule has 0 aromatic rings. The molecular weight excluding hydrogens is 284 g/mol. The zero-order chi connectivity index (χ0) is 16.3. The summed E-state index contributed by atoms with van der Waals surface area (Å²) >= 11 is 0. The number of hydrogen-bond donors (Lipinski definition) is 2. The molecule has 1 heterocycles. The summed E-state index contributed by atoms with van der Waals surface area (Å²) in [5, 5.41) is 0. The average Bonchev–Trinajstić information content (AvgIpc) is 2.46. The van der Waals surface area contributed by atoms with E-state index < -0.39 is 17.8 Å². The summed E-state index contributed by atoms with van der Waals surface area (Å²) in [6, 6.07) is 0. The zero-order valence-corrected chi connectivity index (χ0v) is 13.5.